The van der Waals surface area contributed by atoms with E-state index >= 15 is 0 Å². The fourth-order valence-electron chi connectivity index (χ4n) is 1.75. The van der Waals surface area contributed by atoms with Gasteiger partial charge in [0.15, 0.2) is 0 Å². The average molecular weight is 385 g/mol. The van der Waals surface area contributed by atoms with Crippen LogP contribution in [0.4, 0.5) is 10.5 Å². The van der Waals surface area contributed by atoms with Gasteiger partial charge in [-0.25, -0.2) is 0 Å². The van der Waals surface area contributed by atoms with Gasteiger partial charge in [0.05, 0.1) is 14.3 Å². The highest BCUT2D eigenvalue weighted by atomic mass is 79.9. The molecule has 0 atom stereocenters. The lowest BCUT2D eigenvalue weighted by Gasteiger charge is -2.08. The van der Waals surface area contributed by atoms with Crippen molar-refractivity contribution in [3.8, 4) is 5.75 Å². The lowest BCUT2D eigenvalue weighted by molar-refractivity contribution is -0.385. The van der Waals surface area contributed by atoms with Crippen LogP contribution < -0.4 is 0 Å². The number of phenols is 1. The quantitative estimate of drug-likeness (QED) is 0.370. The molecule has 1 fully saturated rings. The lowest BCUT2D eigenvalue weighted by atomic mass is 10.1. The minimum absolute atomic E-state index is 0.0742. The Morgan fingerprint density at radius 1 is 1.45 bits per heavy atom. The van der Waals surface area contributed by atoms with Crippen LogP contribution >= 0.6 is 27.7 Å². The van der Waals surface area contributed by atoms with Crippen LogP contribution in [-0.2, 0) is 4.79 Å². The molecule has 7 nitrogen and oxygen atoms in total. The van der Waals surface area contributed by atoms with Crippen molar-refractivity contribution in [3.63, 3.8) is 0 Å². The molecule has 0 unspecified atom stereocenters. The van der Waals surface area contributed by atoms with Gasteiger partial charge in [-0.1, -0.05) is 6.08 Å². The number of non-ortho nitro benzene ring substituents is 1. The van der Waals surface area contributed by atoms with Crippen LogP contribution in [0.25, 0.3) is 6.08 Å². The highest BCUT2D eigenvalue weighted by Crippen LogP contribution is 2.37. The van der Waals surface area contributed by atoms with Crippen molar-refractivity contribution in [2.24, 2.45) is 0 Å². The normalized spacial score (nSPS) is 16.4. The van der Waals surface area contributed by atoms with Gasteiger partial charge in [-0.05, 0) is 33.8 Å². The number of carbonyl (C=O) groups is 2. The smallest absolute Gasteiger partial charge is 0.293 e. The van der Waals surface area contributed by atoms with Gasteiger partial charge in [0.2, 0.25) is 0 Å². The van der Waals surface area contributed by atoms with Crippen molar-refractivity contribution < 1.29 is 19.6 Å². The predicted molar refractivity (Wildman–Crippen MR) is 85.3 cm³/mol. The first-order chi connectivity index (χ1) is 10.3. The van der Waals surface area contributed by atoms with Gasteiger partial charge in [0, 0.05) is 24.2 Å². The van der Waals surface area contributed by atoms with E-state index in [1.165, 1.54) is 12.2 Å². The Morgan fingerprint density at radius 3 is 2.73 bits per heavy atom. The van der Waals surface area contributed by atoms with E-state index in [2.05, 4.69) is 22.5 Å². The van der Waals surface area contributed by atoms with E-state index in [0.717, 1.165) is 17.0 Å². The zero-order valence-electron chi connectivity index (χ0n) is 11.0. The molecule has 1 aromatic carbocycles. The summed E-state index contributed by atoms with van der Waals surface area (Å²) in [7, 11) is 0. The number of nitro benzene ring substituents is 1. The topological polar surface area (TPSA) is 101 Å². The molecule has 1 saturated heterocycles. The molecule has 0 radical (unpaired) electrons. The second kappa shape index (κ2) is 6.32. The molecule has 1 heterocycles. The van der Waals surface area contributed by atoms with Crippen molar-refractivity contribution in [2.75, 3.05) is 6.54 Å². The molecule has 0 aliphatic carbocycles. The van der Waals surface area contributed by atoms with E-state index in [-0.39, 0.29) is 32.9 Å². The number of imide groups is 1. The van der Waals surface area contributed by atoms with Crippen molar-refractivity contribution in [1.82, 2.24) is 4.90 Å². The molecule has 9 heteroatoms. The Bertz CT molecular complexity index is 731. The molecule has 2 amide bonds. The fraction of sp³-hybridized carbons (Fsp3) is 0.0769. The number of aromatic hydroxyl groups is 1. The molecule has 1 N–H and O–H groups in total. The molecule has 2 rings (SSSR count). The summed E-state index contributed by atoms with van der Waals surface area (Å²) >= 11 is 3.71. The molecular formula is C13H9BrN2O5S. The number of phenolic OH excluding ortho intramolecular Hbond substituents is 1. The second-order valence-electron chi connectivity index (χ2n) is 4.20. The number of amides is 2. The second-order valence-corrected chi connectivity index (χ2v) is 6.05. The highest BCUT2D eigenvalue weighted by Gasteiger charge is 2.34. The molecule has 0 bridgehead atoms. The number of rotatable bonds is 4. The van der Waals surface area contributed by atoms with E-state index < -0.39 is 16.1 Å². The maximum Gasteiger partial charge on any atom is 0.293 e. The summed E-state index contributed by atoms with van der Waals surface area (Å²) in [6, 6.07) is 2.28. The number of halogens is 1. The van der Waals surface area contributed by atoms with E-state index in [0.29, 0.717) is 11.8 Å². The maximum atomic E-state index is 12.1. The summed E-state index contributed by atoms with van der Waals surface area (Å²) in [6.07, 6.45) is 2.67. The Balaban J connectivity index is 2.46. The van der Waals surface area contributed by atoms with Crippen LogP contribution in [-0.4, -0.2) is 32.6 Å². The van der Waals surface area contributed by atoms with Gasteiger partial charge in [-0.15, -0.1) is 6.58 Å². The standard InChI is InChI=1S/C13H9BrN2O5S/c1-2-3-15-12(18)10(22-13(15)19)5-7-4-8(16(20)21)6-9(14)11(7)17/h2,4-6,17H,1,3H2/b10-5+. The molecule has 1 aliphatic rings. The zero-order valence-corrected chi connectivity index (χ0v) is 13.4. The number of nitrogens with zero attached hydrogens (tertiary/aromatic N) is 2. The number of hydrogen-bond donors (Lipinski definition) is 1. The summed E-state index contributed by atoms with van der Waals surface area (Å²) in [6.45, 7) is 3.54. The van der Waals surface area contributed by atoms with E-state index in [9.17, 15) is 24.8 Å². The van der Waals surface area contributed by atoms with Gasteiger partial charge >= 0.3 is 0 Å². The summed E-state index contributed by atoms with van der Waals surface area (Å²) in [5.74, 6) is -0.780. The molecular weight excluding hydrogens is 376 g/mol. The lowest BCUT2D eigenvalue weighted by Crippen LogP contribution is -2.27. The molecule has 22 heavy (non-hydrogen) atoms. The molecule has 0 spiro atoms. The average Bonchev–Trinajstić information content (AvgIpc) is 2.71. The Kier molecular flexibility index (Phi) is 4.67. The third-order valence-corrected chi connectivity index (χ3v) is 4.27. The monoisotopic (exact) mass is 384 g/mol. The van der Waals surface area contributed by atoms with Gasteiger partial charge in [-0.3, -0.25) is 24.6 Å². The van der Waals surface area contributed by atoms with Crippen LogP contribution in [0, 0.1) is 10.1 Å². The van der Waals surface area contributed by atoms with Crippen molar-refractivity contribution >= 4 is 50.6 Å². The number of nitro groups is 1. The van der Waals surface area contributed by atoms with E-state index in [1.54, 1.807) is 0 Å². The third-order valence-electron chi connectivity index (χ3n) is 2.76. The maximum absolute atomic E-state index is 12.1. The molecule has 1 aliphatic heterocycles. The summed E-state index contributed by atoms with van der Waals surface area (Å²) in [5.41, 5.74) is -0.175. The van der Waals surface area contributed by atoms with E-state index in [4.69, 9.17) is 0 Å². The van der Waals surface area contributed by atoms with Crippen LogP contribution in [0.5, 0.6) is 5.75 Å². The Morgan fingerprint density at radius 2 is 2.14 bits per heavy atom. The highest BCUT2D eigenvalue weighted by molar-refractivity contribution is 9.10. The minimum Gasteiger partial charge on any atom is -0.506 e. The SMILES string of the molecule is C=CCN1C(=O)S/C(=C/c2cc([N+](=O)[O-])cc(Br)c2O)C1=O. The molecule has 0 saturated carbocycles. The van der Waals surface area contributed by atoms with Crippen molar-refractivity contribution in [2.45, 2.75) is 0 Å². The summed E-state index contributed by atoms with van der Waals surface area (Å²) in [5, 5.41) is 20.3. The van der Waals surface area contributed by atoms with Gasteiger partial charge in [0.25, 0.3) is 16.8 Å². The van der Waals surface area contributed by atoms with Gasteiger partial charge in [-0.2, -0.15) is 0 Å². The number of hydrogen-bond acceptors (Lipinski definition) is 6. The van der Waals surface area contributed by atoms with E-state index in [1.807, 2.05) is 0 Å². The first-order valence-electron chi connectivity index (χ1n) is 5.88. The Labute approximate surface area is 137 Å². The van der Waals surface area contributed by atoms with Crippen molar-refractivity contribution in [3.05, 3.63) is 49.8 Å². The third kappa shape index (κ3) is 3.04. The van der Waals surface area contributed by atoms with Gasteiger partial charge < -0.3 is 5.11 Å². The largest absolute Gasteiger partial charge is 0.506 e. The molecule has 1 aromatic rings. The summed E-state index contributed by atoms with van der Waals surface area (Å²) in [4.78, 5) is 35.1. The number of thioether (sulfide) groups is 1. The Hall–Kier alpha value is -2.13. The fourth-order valence-corrected chi connectivity index (χ4v) is 3.05. The van der Waals surface area contributed by atoms with Crippen molar-refractivity contribution in [1.29, 1.82) is 0 Å². The van der Waals surface area contributed by atoms with Gasteiger partial charge in [0.1, 0.15) is 5.75 Å². The van der Waals surface area contributed by atoms with Crippen LogP contribution in [0.3, 0.4) is 0 Å². The van der Waals surface area contributed by atoms with Crippen LogP contribution in [0.1, 0.15) is 5.56 Å². The number of benzene rings is 1. The first-order valence-corrected chi connectivity index (χ1v) is 7.49. The molecule has 0 aromatic heterocycles. The first kappa shape index (κ1) is 16.2. The molecule has 114 valence electrons. The summed E-state index contributed by atoms with van der Waals surface area (Å²) < 4.78 is 0.123. The number of carbonyl (C=O) groups excluding carboxylic acids is 2. The van der Waals surface area contributed by atoms with Crippen LogP contribution in [0.15, 0.2) is 34.2 Å². The van der Waals surface area contributed by atoms with Crippen LogP contribution in [0.2, 0.25) is 0 Å². The predicted octanol–water partition coefficient (Wildman–Crippen LogP) is 3.29. The zero-order chi connectivity index (χ0) is 16.4. The minimum atomic E-state index is -0.620.